The zero-order chi connectivity index (χ0) is 13.2. The lowest BCUT2D eigenvalue weighted by Gasteiger charge is -2.43. The number of carbonyl (C=O) groups excluding carboxylic acids is 1. The lowest BCUT2D eigenvalue weighted by molar-refractivity contribution is -0.157. The number of hydrogen-bond donors (Lipinski definition) is 0. The predicted molar refractivity (Wildman–Crippen MR) is 69.1 cm³/mol. The van der Waals surface area contributed by atoms with Crippen molar-refractivity contribution in [3.63, 3.8) is 0 Å². The molecule has 0 radical (unpaired) electrons. The van der Waals surface area contributed by atoms with Gasteiger partial charge in [-0.1, -0.05) is 12.1 Å². The maximum absolute atomic E-state index is 12.8. The molecular formula is C15H18FNO2. The van der Waals surface area contributed by atoms with Crippen molar-refractivity contribution in [1.29, 1.82) is 0 Å². The van der Waals surface area contributed by atoms with Gasteiger partial charge in [0.2, 0.25) is 0 Å². The van der Waals surface area contributed by atoms with Crippen molar-refractivity contribution in [2.45, 2.75) is 25.4 Å². The molecule has 1 aromatic rings. The van der Waals surface area contributed by atoms with Gasteiger partial charge in [-0.2, -0.15) is 0 Å². The minimum Gasteiger partial charge on any atom is -0.460 e. The van der Waals surface area contributed by atoms with E-state index in [0.29, 0.717) is 5.92 Å². The first kappa shape index (κ1) is 12.6. The molecule has 102 valence electrons. The van der Waals surface area contributed by atoms with Crippen LogP contribution in [-0.4, -0.2) is 36.6 Å². The zero-order valence-electron chi connectivity index (χ0n) is 10.8. The van der Waals surface area contributed by atoms with Gasteiger partial charge in [0.25, 0.3) is 0 Å². The number of benzene rings is 1. The van der Waals surface area contributed by atoms with Crippen molar-refractivity contribution in [3.05, 3.63) is 35.6 Å². The van der Waals surface area contributed by atoms with Crippen LogP contribution >= 0.6 is 0 Å². The number of nitrogens with zero attached hydrogens (tertiary/aromatic N) is 1. The molecule has 3 saturated heterocycles. The molecule has 0 amide bonds. The number of piperidine rings is 3. The van der Waals surface area contributed by atoms with Gasteiger partial charge in [-0.15, -0.1) is 0 Å². The van der Waals surface area contributed by atoms with E-state index in [1.807, 2.05) is 0 Å². The fourth-order valence-corrected chi connectivity index (χ4v) is 3.02. The molecule has 0 aliphatic carbocycles. The molecule has 3 heterocycles. The third kappa shape index (κ3) is 2.95. The van der Waals surface area contributed by atoms with Gasteiger partial charge in [-0.05, 0) is 49.5 Å². The fraction of sp³-hybridized carbons (Fsp3) is 0.533. The van der Waals surface area contributed by atoms with Crippen molar-refractivity contribution in [2.75, 3.05) is 19.6 Å². The third-order valence-corrected chi connectivity index (χ3v) is 4.14. The minimum absolute atomic E-state index is 0.0513. The monoisotopic (exact) mass is 263 g/mol. The second-order valence-corrected chi connectivity index (χ2v) is 5.47. The van der Waals surface area contributed by atoms with Crippen molar-refractivity contribution in [2.24, 2.45) is 5.92 Å². The number of ether oxygens (including phenoxy) is 1. The van der Waals surface area contributed by atoms with Crippen molar-refractivity contribution in [1.82, 2.24) is 4.90 Å². The van der Waals surface area contributed by atoms with Gasteiger partial charge in [0.1, 0.15) is 11.9 Å². The van der Waals surface area contributed by atoms with Crippen molar-refractivity contribution < 1.29 is 13.9 Å². The number of hydrogen-bond acceptors (Lipinski definition) is 3. The second kappa shape index (κ2) is 5.29. The second-order valence-electron chi connectivity index (χ2n) is 5.47. The first-order chi connectivity index (χ1) is 9.20. The summed E-state index contributed by atoms with van der Waals surface area (Å²) in [5.41, 5.74) is 0.799. The predicted octanol–water partition coefficient (Wildman–Crippen LogP) is 2.01. The molecule has 0 aromatic heterocycles. The SMILES string of the molecule is O=C(Cc1ccc(F)cc1)OC1CN2CCC1CC2. The van der Waals surface area contributed by atoms with Gasteiger partial charge >= 0.3 is 5.97 Å². The Labute approximate surface area is 112 Å². The van der Waals surface area contributed by atoms with Gasteiger partial charge in [0.15, 0.2) is 0 Å². The summed E-state index contributed by atoms with van der Waals surface area (Å²) < 4.78 is 18.4. The van der Waals surface area contributed by atoms with Crippen molar-refractivity contribution in [3.8, 4) is 0 Å². The molecule has 1 atom stereocenters. The van der Waals surface area contributed by atoms with Crippen LogP contribution in [0.25, 0.3) is 0 Å². The fourth-order valence-electron chi connectivity index (χ4n) is 3.02. The molecule has 3 aliphatic heterocycles. The van der Waals surface area contributed by atoms with Gasteiger partial charge < -0.3 is 4.74 Å². The van der Waals surface area contributed by atoms with Crippen LogP contribution in [0, 0.1) is 11.7 Å². The standard InChI is InChI=1S/C15H18FNO2/c16-13-3-1-11(2-4-13)9-15(18)19-14-10-17-7-5-12(14)6-8-17/h1-4,12,14H,5-10H2. The van der Waals surface area contributed by atoms with Gasteiger partial charge in [0, 0.05) is 6.54 Å². The molecule has 19 heavy (non-hydrogen) atoms. The van der Waals surface area contributed by atoms with E-state index in [2.05, 4.69) is 4.90 Å². The number of rotatable bonds is 3. The average Bonchev–Trinajstić information content (AvgIpc) is 2.43. The molecule has 2 bridgehead atoms. The van der Waals surface area contributed by atoms with Crippen LogP contribution in [0.4, 0.5) is 4.39 Å². The quantitative estimate of drug-likeness (QED) is 0.781. The lowest BCUT2D eigenvalue weighted by atomic mass is 9.86. The van der Waals surface area contributed by atoms with E-state index in [1.165, 1.54) is 12.1 Å². The molecule has 0 spiro atoms. The van der Waals surface area contributed by atoms with E-state index in [4.69, 9.17) is 4.74 Å². The maximum Gasteiger partial charge on any atom is 0.310 e. The molecule has 0 N–H and O–H groups in total. The molecular weight excluding hydrogens is 245 g/mol. The van der Waals surface area contributed by atoms with Crippen LogP contribution < -0.4 is 0 Å². The van der Waals surface area contributed by atoms with Crippen molar-refractivity contribution >= 4 is 5.97 Å². The van der Waals surface area contributed by atoms with Crippen LogP contribution in [0.2, 0.25) is 0 Å². The molecule has 3 aliphatic rings. The van der Waals surface area contributed by atoms with E-state index in [-0.39, 0.29) is 24.3 Å². The Kier molecular flexibility index (Phi) is 3.51. The first-order valence-electron chi connectivity index (χ1n) is 6.87. The molecule has 1 unspecified atom stereocenters. The normalized spacial score (nSPS) is 29.2. The van der Waals surface area contributed by atoms with Gasteiger partial charge in [0.05, 0.1) is 6.42 Å². The zero-order valence-corrected chi connectivity index (χ0v) is 10.8. The van der Waals surface area contributed by atoms with E-state index in [0.717, 1.165) is 38.0 Å². The average molecular weight is 263 g/mol. The highest BCUT2D eigenvalue weighted by Gasteiger charge is 2.36. The summed E-state index contributed by atoms with van der Waals surface area (Å²) in [7, 11) is 0. The molecule has 3 fully saturated rings. The Balaban J connectivity index is 1.55. The number of halogens is 1. The number of carbonyl (C=O) groups is 1. The molecule has 3 nitrogen and oxygen atoms in total. The van der Waals surface area contributed by atoms with Crippen LogP contribution in [-0.2, 0) is 16.0 Å². The summed E-state index contributed by atoms with van der Waals surface area (Å²) in [5.74, 6) is 0.0435. The summed E-state index contributed by atoms with van der Waals surface area (Å²) >= 11 is 0. The van der Waals surface area contributed by atoms with Gasteiger partial charge in [-0.25, -0.2) is 4.39 Å². The van der Waals surface area contributed by atoms with E-state index in [9.17, 15) is 9.18 Å². The molecule has 4 rings (SSSR count). The molecule has 1 aromatic carbocycles. The van der Waals surface area contributed by atoms with Crippen LogP contribution in [0.5, 0.6) is 0 Å². The lowest BCUT2D eigenvalue weighted by Crippen LogP contribution is -2.52. The highest BCUT2D eigenvalue weighted by atomic mass is 19.1. The summed E-state index contributed by atoms with van der Waals surface area (Å²) in [6.07, 6.45) is 2.54. The Hall–Kier alpha value is -1.42. The Morgan fingerprint density at radius 1 is 1.26 bits per heavy atom. The Morgan fingerprint density at radius 2 is 1.95 bits per heavy atom. The van der Waals surface area contributed by atoms with Crippen LogP contribution in [0.15, 0.2) is 24.3 Å². The first-order valence-corrected chi connectivity index (χ1v) is 6.87. The smallest absolute Gasteiger partial charge is 0.310 e. The van der Waals surface area contributed by atoms with Gasteiger partial charge in [-0.3, -0.25) is 9.69 Å². The summed E-state index contributed by atoms with van der Waals surface area (Å²) in [6.45, 7) is 3.15. The largest absolute Gasteiger partial charge is 0.460 e. The maximum atomic E-state index is 12.8. The Morgan fingerprint density at radius 3 is 2.53 bits per heavy atom. The Bertz CT molecular complexity index is 452. The molecule has 4 heteroatoms. The highest BCUT2D eigenvalue weighted by molar-refractivity contribution is 5.72. The van der Waals surface area contributed by atoms with Crippen LogP contribution in [0.3, 0.4) is 0 Å². The topological polar surface area (TPSA) is 29.5 Å². The highest BCUT2D eigenvalue weighted by Crippen LogP contribution is 2.29. The van der Waals surface area contributed by atoms with E-state index in [1.54, 1.807) is 12.1 Å². The number of fused-ring (bicyclic) bond motifs is 3. The summed E-state index contributed by atoms with van der Waals surface area (Å²) in [5, 5.41) is 0. The summed E-state index contributed by atoms with van der Waals surface area (Å²) in [6, 6.07) is 6.01. The van der Waals surface area contributed by atoms with E-state index < -0.39 is 0 Å². The third-order valence-electron chi connectivity index (χ3n) is 4.14. The number of esters is 1. The van der Waals surface area contributed by atoms with E-state index >= 15 is 0 Å². The summed E-state index contributed by atoms with van der Waals surface area (Å²) in [4.78, 5) is 14.3. The molecule has 0 saturated carbocycles. The minimum atomic E-state index is -0.283. The van der Waals surface area contributed by atoms with Crippen LogP contribution in [0.1, 0.15) is 18.4 Å².